The summed E-state index contributed by atoms with van der Waals surface area (Å²) in [6, 6.07) is 3.54. The molecule has 2 aliphatic heterocycles. The van der Waals surface area contributed by atoms with Crippen molar-refractivity contribution < 1.29 is 28.6 Å². The number of hydrogen-bond donors (Lipinski definition) is 0. The Morgan fingerprint density at radius 3 is 2.49 bits per heavy atom. The van der Waals surface area contributed by atoms with Gasteiger partial charge in [0.25, 0.3) is 17.7 Å². The molecule has 0 radical (unpaired) electrons. The smallest absolute Gasteiger partial charge is 0.260 e. The molecule has 2 aliphatic carbocycles. The summed E-state index contributed by atoms with van der Waals surface area (Å²) < 4.78 is 16.7. The predicted octanol–water partition coefficient (Wildman–Crippen LogP) is 1.80. The van der Waals surface area contributed by atoms with Crippen LogP contribution in [0.15, 0.2) is 42.0 Å². The number of rotatable bonds is 8. The van der Waals surface area contributed by atoms with Crippen LogP contribution in [0.1, 0.15) is 17.5 Å². The van der Waals surface area contributed by atoms with Crippen LogP contribution < -0.4 is 9.47 Å². The lowest BCUT2D eigenvalue weighted by atomic mass is 9.85. The number of benzene rings is 1. The van der Waals surface area contributed by atoms with E-state index in [0.717, 1.165) is 17.0 Å². The van der Waals surface area contributed by atoms with Crippen LogP contribution in [0.25, 0.3) is 0 Å². The fourth-order valence-corrected chi connectivity index (χ4v) is 5.54. The Morgan fingerprint density at radius 1 is 1.17 bits per heavy atom. The third-order valence-electron chi connectivity index (χ3n) is 7.21. The molecule has 9 heteroatoms. The summed E-state index contributed by atoms with van der Waals surface area (Å²) >= 11 is 0. The van der Waals surface area contributed by atoms with Crippen molar-refractivity contribution in [2.75, 3.05) is 40.0 Å². The highest BCUT2D eigenvalue weighted by atomic mass is 16.5. The molecular weight excluding hydrogens is 450 g/mol. The lowest BCUT2D eigenvalue weighted by Crippen LogP contribution is -2.43. The lowest BCUT2D eigenvalue weighted by Gasteiger charge is -2.27. The SMILES string of the molecule is C=CCc1cc(C=NN2C(=O)C3C4C=CC(C4)C3C2=O)cc(OC)c1OCC(=O)N1CCOCC1. The van der Waals surface area contributed by atoms with Gasteiger partial charge in [-0.2, -0.15) is 10.1 Å². The Kier molecular flexibility index (Phi) is 6.42. The standard InChI is InChI=1S/C26H29N3O6/c1-3-4-19-11-16(12-20(33-2)24(19)35-15-21(30)28-7-9-34-10-8-28)14-27-29-25(31)22-17-5-6-18(13-17)23(22)26(29)32/h3,5-6,11-12,14,17-18,22-23H,1,4,7-10,13,15H2,2H3. The molecule has 1 saturated carbocycles. The molecule has 2 bridgehead atoms. The topological polar surface area (TPSA) is 97.7 Å². The van der Waals surface area contributed by atoms with E-state index in [1.165, 1.54) is 13.3 Å². The summed E-state index contributed by atoms with van der Waals surface area (Å²) in [6.45, 7) is 5.81. The van der Waals surface area contributed by atoms with Gasteiger partial charge in [-0.1, -0.05) is 18.2 Å². The van der Waals surface area contributed by atoms with Gasteiger partial charge >= 0.3 is 0 Å². The molecule has 0 N–H and O–H groups in total. The Morgan fingerprint density at radius 2 is 1.86 bits per heavy atom. The largest absolute Gasteiger partial charge is 0.493 e. The number of imide groups is 1. The van der Waals surface area contributed by atoms with E-state index in [2.05, 4.69) is 23.8 Å². The van der Waals surface area contributed by atoms with Crippen molar-refractivity contribution in [2.24, 2.45) is 28.8 Å². The van der Waals surface area contributed by atoms with Crippen molar-refractivity contribution in [3.63, 3.8) is 0 Å². The van der Waals surface area contributed by atoms with Crippen LogP contribution in [-0.2, 0) is 25.5 Å². The van der Waals surface area contributed by atoms with Crippen molar-refractivity contribution >= 4 is 23.9 Å². The first kappa shape index (κ1) is 23.3. The van der Waals surface area contributed by atoms with Crippen LogP contribution >= 0.6 is 0 Å². The van der Waals surface area contributed by atoms with Gasteiger partial charge in [-0.3, -0.25) is 14.4 Å². The lowest BCUT2D eigenvalue weighted by molar-refractivity contribution is -0.140. The van der Waals surface area contributed by atoms with E-state index in [0.29, 0.717) is 49.8 Å². The second-order valence-corrected chi connectivity index (χ2v) is 9.22. The molecule has 2 saturated heterocycles. The van der Waals surface area contributed by atoms with E-state index in [4.69, 9.17) is 14.2 Å². The van der Waals surface area contributed by atoms with Crippen LogP contribution in [0.4, 0.5) is 0 Å². The van der Waals surface area contributed by atoms with E-state index >= 15 is 0 Å². The second-order valence-electron chi connectivity index (χ2n) is 9.22. The fraction of sp³-hybridized carbons (Fsp3) is 0.462. The molecule has 1 aromatic rings. The highest BCUT2D eigenvalue weighted by Crippen LogP contribution is 2.52. The number of allylic oxidation sites excluding steroid dienone is 3. The van der Waals surface area contributed by atoms with Gasteiger partial charge in [-0.15, -0.1) is 6.58 Å². The summed E-state index contributed by atoms with van der Waals surface area (Å²) in [5, 5.41) is 5.28. The van der Waals surface area contributed by atoms with Gasteiger partial charge in [0.1, 0.15) is 0 Å². The monoisotopic (exact) mass is 479 g/mol. The first-order valence-electron chi connectivity index (χ1n) is 11.9. The molecule has 2 heterocycles. The molecule has 3 fully saturated rings. The Labute approximate surface area is 204 Å². The molecule has 1 aromatic carbocycles. The zero-order valence-electron chi connectivity index (χ0n) is 19.7. The molecular formula is C26H29N3O6. The molecule has 9 nitrogen and oxygen atoms in total. The fourth-order valence-electron chi connectivity index (χ4n) is 5.54. The highest BCUT2D eigenvalue weighted by molar-refractivity contribution is 6.06. The summed E-state index contributed by atoms with van der Waals surface area (Å²) in [5.74, 6) is -0.00219. The summed E-state index contributed by atoms with van der Waals surface area (Å²) in [4.78, 5) is 40.0. The minimum Gasteiger partial charge on any atom is -0.493 e. The average molecular weight is 480 g/mol. The van der Waals surface area contributed by atoms with Gasteiger partial charge in [-0.05, 0) is 42.4 Å². The van der Waals surface area contributed by atoms with E-state index < -0.39 is 0 Å². The number of morpholine rings is 1. The van der Waals surface area contributed by atoms with Crippen LogP contribution in [0.3, 0.4) is 0 Å². The van der Waals surface area contributed by atoms with Gasteiger partial charge < -0.3 is 19.1 Å². The maximum atomic E-state index is 12.9. The second kappa shape index (κ2) is 9.65. The summed E-state index contributed by atoms with van der Waals surface area (Å²) in [7, 11) is 1.52. The number of methoxy groups -OCH3 is 1. The predicted molar refractivity (Wildman–Crippen MR) is 127 cm³/mol. The van der Waals surface area contributed by atoms with E-state index in [9.17, 15) is 14.4 Å². The maximum absolute atomic E-state index is 12.9. The third-order valence-corrected chi connectivity index (χ3v) is 7.21. The number of carbonyl (C=O) groups is 3. The molecule has 4 atom stereocenters. The summed E-state index contributed by atoms with van der Waals surface area (Å²) in [5.41, 5.74) is 1.40. The number of nitrogens with zero attached hydrogens (tertiary/aromatic N) is 3. The Hall–Kier alpha value is -3.46. The highest BCUT2D eigenvalue weighted by Gasteiger charge is 2.59. The third kappa shape index (κ3) is 4.25. The number of hydrazone groups is 1. The minimum absolute atomic E-state index is 0.120. The van der Waals surface area contributed by atoms with Gasteiger partial charge in [0.05, 0.1) is 38.4 Å². The number of fused-ring (bicyclic) bond motifs is 5. The van der Waals surface area contributed by atoms with Gasteiger partial charge in [0, 0.05) is 18.7 Å². The number of hydrogen-bond acceptors (Lipinski definition) is 7. The van der Waals surface area contributed by atoms with Crippen LogP contribution in [-0.4, -0.2) is 73.9 Å². The van der Waals surface area contributed by atoms with E-state index in [-0.39, 0.29) is 48.0 Å². The van der Waals surface area contributed by atoms with Crippen LogP contribution in [0.2, 0.25) is 0 Å². The average Bonchev–Trinajstić information content (AvgIpc) is 3.56. The molecule has 3 amide bonds. The number of amides is 3. The van der Waals surface area contributed by atoms with Gasteiger partial charge in [0.2, 0.25) is 0 Å². The van der Waals surface area contributed by atoms with Gasteiger partial charge in [-0.25, -0.2) is 0 Å². The van der Waals surface area contributed by atoms with Gasteiger partial charge in [0.15, 0.2) is 18.1 Å². The van der Waals surface area contributed by atoms with Crippen molar-refractivity contribution in [3.05, 3.63) is 48.1 Å². The molecule has 35 heavy (non-hydrogen) atoms. The number of carbonyl (C=O) groups excluding carboxylic acids is 3. The number of ether oxygens (including phenoxy) is 3. The molecule has 4 aliphatic rings. The molecule has 184 valence electrons. The zero-order valence-corrected chi connectivity index (χ0v) is 19.7. The quantitative estimate of drug-likeness (QED) is 0.320. The maximum Gasteiger partial charge on any atom is 0.260 e. The molecule has 0 spiro atoms. The summed E-state index contributed by atoms with van der Waals surface area (Å²) in [6.07, 6.45) is 8.67. The zero-order chi connectivity index (χ0) is 24.5. The van der Waals surface area contributed by atoms with E-state index in [1.807, 2.05) is 6.07 Å². The first-order valence-corrected chi connectivity index (χ1v) is 11.9. The Bertz CT molecular complexity index is 1080. The molecule has 5 rings (SSSR count). The Balaban J connectivity index is 1.33. The van der Waals surface area contributed by atoms with Crippen molar-refractivity contribution in [1.82, 2.24) is 9.91 Å². The van der Waals surface area contributed by atoms with Crippen molar-refractivity contribution in [3.8, 4) is 11.5 Å². The van der Waals surface area contributed by atoms with Crippen LogP contribution in [0, 0.1) is 23.7 Å². The van der Waals surface area contributed by atoms with Crippen molar-refractivity contribution in [2.45, 2.75) is 12.8 Å². The molecule has 0 aromatic heterocycles. The normalized spacial score (nSPS) is 27.1. The first-order chi connectivity index (χ1) is 17.0. The molecule has 4 unspecified atom stereocenters. The van der Waals surface area contributed by atoms with Crippen molar-refractivity contribution in [1.29, 1.82) is 0 Å². The van der Waals surface area contributed by atoms with Crippen LogP contribution in [0.5, 0.6) is 11.5 Å². The van der Waals surface area contributed by atoms with E-state index in [1.54, 1.807) is 17.0 Å². The minimum atomic E-state index is -0.291.